The Morgan fingerprint density at radius 2 is 1.94 bits per heavy atom. The van der Waals surface area contributed by atoms with Crippen LogP contribution >= 0.6 is 23.1 Å². The van der Waals surface area contributed by atoms with E-state index in [1.54, 1.807) is 16.7 Å². The third-order valence-corrected chi connectivity index (χ3v) is 7.39. The first kappa shape index (κ1) is 23.5. The van der Waals surface area contributed by atoms with Crippen LogP contribution in [0.1, 0.15) is 32.8 Å². The van der Waals surface area contributed by atoms with E-state index in [1.165, 1.54) is 22.2 Å². The SMILES string of the molecule is Cc1ccc(-c2csc3ncn(CCC(=O)N4CSCC4C(=O)NC(C)(C)C)c(=O)c23)cc1. The number of carbonyl (C=O) groups is 2. The number of amides is 2. The van der Waals surface area contributed by atoms with E-state index in [-0.39, 0.29) is 35.9 Å². The van der Waals surface area contributed by atoms with E-state index >= 15 is 0 Å². The lowest BCUT2D eigenvalue weighted by atomic mass is 10.1. The molecule has 33 heavy (non-hydrogen) atoms. The average molecular weight is 485 g/mol. The van der Waals surface area contributed by atoms with Crippen molar-refractivity contribution in [3.05, 3.63) is 51.9 Å². The Hall–Kier alpha value is -2.65. The van der Waals surface area contributed by atoms with E-state index in [2.05, 4.69) is 10.3 Å². The topological polar surface area (TPSA) is 84.3 Å². The summed E-state index contributed by atoms with van der Waals surface area (Å²) in [5, 5.41) is 5.50. The molecular formula is C24H28N4O3S2. The molecule has 0 spiro atoms. The van der Waals surface area contributed by atoms with Crippen molar-refractivity contribution < 1.29 is 9.59 Å². The molecule has 1 aromatic carbocycles. The lowest BCUT2D eigenvalue weighted by molar-refractivity contribution is -0.138. The van der Waals surface area contributed by atoms with Gasteiger partial charge in [0.25, 0.3) is 5.56 Å². The van der Waals surface area contributed by atoms with Gasteiger partial charge in [0.2, 0.25) is 11.8 Å². The molecule has 7 nitrogen and oxygen atoms in total. The van der Waals surface area contributed by atoms with Crippen molar-refractivity contribution in [3.8, 4) is 11.1 Å². The second kappa shape index (κ2) is 9.30. The molecule has 174 valence electrons. The number of benzene rings is 1. The Morgan fingerprint density at radius 1 is 1.21 bits per heavy atom. The molecule has 3 aromatic rings. The fourth-order valence-corrected chi connectivity index (χ4v) is 5.88. The van der Waals surface area contributed by atoms with E-state index in [4.69, 9.17) is 0 Å². The summed E-state index contributed by atoms with van der Waals surface area (Å²) in [5.41, 5.74) is 2.48. The Bertz CT molecular complexity index is 1240. The molecule has 0 bridgehead atoms. The second-order valence-corrected chi connectivity index (χ2v) is 11.2. The number of fused-ring (bicyclic) bond motifs is 1. The molecule has 0 radical (unpaired) electrons. The van der Waals surface area contributed by atoms with Gasteiger partial charge in [-0.25, -0.2) is 4.98 Å². The molecule has 1 unspecified atom stereocenters. The Kier molecular flexibility index (Phi) is 6.63. The molecule has 1 aliphatic rings. The van der Waals surface area contributed by atoms with Crippen LogP contribution in [-0.2, 0) is 16.1 Å². The van der Waals surface area contributed by atoms with Gasteiger partial charge in [-0.15, -0.1) is 23.1 Å². The van der Waals surface area contributed by atoms with Crippen molar-refractivity contribution in [2.75, 3.05) is 11.6 Å². The standard InChI is InChI=1S/C24H28N4O3S2/c1-15-5-7-16(8-6-15)17-11-33-22-20(17)23(31)27(13-25-22)10-9-19(29)28-14-32-12-18(28)21(30)26-24(2,3)4/h5-8,11,13,18H,9-10,12,14H2,1-4H3,(H,26,30). The number of carbonyl (C=O) groups excluding carboxylic acids is 2. The van der Waals surface area contributed by atoms with Gasteiger partial charge in [0.05, 0.1) is 17.6 Å². The molecule has 4 rings (SSSR count). The highest BCUT2D eigenvalue weighted by molar-refractivity contribution is 7.99. The highest BCUT2D eigenvalue weighted by atomic mass is 32.2. The number of thiophene rings is 1. The Morgan fingerprint density at radius 3 is 2.64 bits per heavy atom. The van der Waals surface area contributed by atoms with Crippen molar-refractivity contribution in [2.45, 2.75) is 52.2 Å². The molecule has 1 atom stereocenters. The van der Waals surface area contributed by atoms with Crippen LogP contribution in [0.4, 0.5) is 0 Å². The summed E-state index contributed by atoms with van der Waals surface area (Å²) < 4.78 is 1.50. The summed E-state index contributed by atoms with van der Waals surface area (Å²) in [7, 11) is 0. The minimum Gasteiger partial charge on any atom is -0.350 e. The fraction of sp³-hybridized carbons (Fsp3) is 0.417. The van der Waals surface area contributed by atoms with Crippen molar-refractivity contribution in [2.24, 2.45) is 0 Å². The van der Waals surface area contributed by atoms with Gasteiger partial charge in [-0.1, -0.05) is 29.8 Å². The minimum atomic E-state index is -0.482. The normalized spacial score (nSPS) is 16.4. The van der Waals surface area contributed by atoms with Crippen molar-refractivity contribution in [3.63, 3.8) is 0 Å². The van der Waals surface area contributed by atoms with Crippen molar-refractivity contribution in [1.29, 1.82) is 0 Å². The Labute approximate surface area is 201 Å². The van der Waals surface area contributed by atoms with Gasteiger partial charge in [-0.3, -0.25) is 19.0 Å². The lowest BCUT2D eigenvalue weighted by Crippen LogP contribution is -2.52. The third kappa shape index (κ3) is 5.14. The summed E-state index contributed by atoms with van der Waals surface area (Å²) in [6.07, 6.45) is 1.65. The number of aryl methyl sites for hydroxylation is 2. The van der Waals surface area contributed by atoms with Crippen LogP contribution in [0.5, 0.6) is 0 Å². The molecule has 1 aliphatic heterocycles. The van der Waals surface area contributed by atoms with E-state index in [1.807, 2.05) is 57.3 Å². The fourth-order valence-electron chi connectivity index (χ4n) is 3.79. The monoisotopic (exact) mass is 484 g/mol. The predicted octanol–water partition coefficient (Wildman–Crippen LogP) is 3.64. The van der Waals surface area contributed by atoms with E-state index in [0.717, 1.165) is 16.7 Å². The smallest absolute Gasteiger partial charge is 0.262 e. The predicted molar refractivity (Wildman–Crippen MR) is 135 cm³/mol. The summed E-state index contributed by atoms with van der Waals surface area (Å²) in [5.74, 6) is 0.790. The van der Waals surface area contributed by atoms with E-state index in [0.29, 0.717) is 21.8 Å². The van der Waals surface area contributed by atoms with Crippen LogP contribution < -0.4 is 10.9 Å². The quantitative estimate of drug-likeness (QED) is 0.598. The zero-order valence-electron chi connectivity index (χ0n) is 19.3. The van der Waals surface area contributed by atoms with Gasteiger partial charge in [0.1, 0.15) is 10.9 Å². The van der Waals surface area contributed by atoms with E-state index in [9.17, 15) is 14.4 Å². The van der Waals surface area contributed by atoms with Crippen LogP contribution in [0.15, 0.2) is 40.8 Å². The molecule has 1 saturated heterocycles. The third-order valence-electron chi connectivity index (χ3n) is 5.49. The molecule has 1 N–H and O–H groups in total. The number of nitrogens with one attached hydrogen (secondary N) is 1. The van der Waals surface area contributed by atoms with Crippen LogP contribution in [0.3, 0.4) is 0 Å². The zero-order chi connectivity index (χ0) is 23.8. The number of hydrogen-bond donors (Lipinski definition) is 1. The van der Waals surface area contributed by atoms with Crippen LogP contribution in [0.25, 0.3) is 21.3 Å². The number of hydrogen-bond acceptors (Lipinski definition) is 6. The van der Waals surface area contributed by atoms with E-state index < -0.39 is 6.04 Å². The first-order valence-electron chi connectivity index (χ1n) is 10.9. The highest BCUT2D eigenvalue weighted by Crippen LogP contribution is 2.30. The van der Waals surface area contributed by atoms with Gasteiger partial charge < -0.3 is 10.2 Å². The zero-order valence-corrected chi connectivity index (χ0v) is 20.9. The molecule has 2 aromatic heterocycles. The number of thioether (sulfide) groups is 1. The van der Waals surface area contributed by atoms with Gasteiger partial charge in [0, 0.05) is 35.2 Å². The van der Waals surface area contributed by atoms with Crippen LogP contribution in [0.2, 0.25) is 0 Å². The first-order valence-corrected chi connectivity index (χ1v) is 12.9. The molecule has 9 heteroatoms. The average Bonchev–Trinajstić information content (AvgIpc) is 3.40. The second-order valence-electron chi connectivity index (χ2n) is 9.31. The van der Waals surface area contributed by atoms with Gasteiger partial charge in [0.15, 0.2) is 0 Å². The molecule has 1 fully saturated rings. The minimum absolute atomic E-state index is 0.134. The van der Waals surface area contributed by atoms with Gasteiger partial charge >= 0.3 is 0 Å². The summed E-state index contributed by atoms with van der Waals surface area (Å²) in [6, 6.07) is 7.57. The Balaban J connectivity index is 1.51. The molecular weight excluding hydrogens is 456 g/mol. The van der Waals surface area contributed by atoms with Crippen LogP contribution in [0, 0.1) is 6.92 Å². The number of nitrogens with zero attached hydrogens (tertiary/aromatic N) is 3. The summed E-state index contributed by atoms with van der Waals surface area (Å²) in [6.45, 7) is 8.01. The first-order chi connectivity index (χ1) is 15.6. The van der Waals surface area contributed by atoms with Crippen molar-refractivity contribution in [1.82, 2.24) is 19.8 Å². The maximum absolute atomic E-state index is 13.3. The summed E-state index contributed by atoms with van der Waals surface area (Å²) >= 11 is 3.01. The molecule has 0 saturated carbocycles. The van der Waals surface area contributed by atoms with Crippen LogP contribution in [-0.4, -0.2) is 49.5 Å². The van der Waals surface area contributed by atoms with Gasteiger partial charge in [-0.05, 0) is 33.3 Å². The molecule has 3 heterocycles. The highest BCUT2D eigenvalue weighted by Gasteiger charge is 2.35. The number of rotatable bonds is 5. The van der Waals surface area contributed by atoms with Crippen molar-refractivity contribution >= 4 is 45.1 Å². The van der Waals surface area contributed by atoms with Gasteiger partial charge in [-0.2, -0.15) is 0 Å². The summed E-state index contributed by atoms with van der Waals surface area (Å²) in [4.78, 5) is 45.6. The molecule has 0 aliphatic carbocycles. The maximum atomic E-state index is 13.3. The largest absolute Gasteiger partial charge is 0.350 e. The molecule has 2 amide bonds. The maximum Gasteiger partial charge on any atom is 0.262 e. The lowest BCUT2D eigenvalue weighted by Gasteiger charge is -2.27. The number of aromatic nitrogens is 2.